The summed E-state index contributed by atoms with van der Waals surface area (Å²) in [6.07, 6.45) is 6.66. The monoisotopic (exact) mass is 855 g/mol. The van der Waals surface area contributed by atoms with Gasteiger partial charge in [-0.15, -0.1) is 0 Å². The summed E-state index contributed by atoms with van der Waals surface area (Å²) in [4.78, 5) is 5.03. The molecule has 51 heavy (non-hydrogen) atoms. The van der Waals surface area contributed by atoms with Crippen molar-refractivity contribution in [1.82, 2.24) is 9.80 Å². The molecule has 0 bridgehead atoms. The lowest BCUT2D eigenvalue weighted by Gasteiger charge is -2.42. The summed E-state index contributed by atoms with van der Waals surface area (Å²) in [6.45, 7) is 6.25. The lowest BCUT2D eigenvalue weighted by atomic mass is 9.71. The van der Waals surface area contributed by atoms with Gasteiger partial charge in [0.25, 0.3) is 0 Å². The molecule has 9 heteroatoms. The summed E-state index contributed by atoms with van der Waals surface area (Å²) < 4.78 is 14.9. The number of piperidine rings is 2. The summed E-state index contributed by atoms with van der Waals surface area (Å²) >= 11 is 19.6. The third-order valence-electron chi connectivity index (χ3n) is 10.8. The molecule has 0 aromatic heterocycles. The van der Waals surface area contributed by atoms with E-state index in [9.17, 15) is 0 Å². The normalized spacial score (nSPS) is 17.7. The number of hydrogen-bond acceptors (Lipinski definition) is 5. The minimum absolute atomic E-state index is 0.193. The van der Waals surface area contributed by atoms with Gasteiger partial charge in [-0.2, -0.15) is 0 Å². The maximum absolute atomic E-state index is 7.32. The zero-order chi connectivity index (χ0) is 35.7. The number of hydrogen-bond donors (Lipinski definition) is 1. The van der Waals surface area contributed by atoms with E-state index in [1.807, 2.05) is 48.5 Å². The predicted molar refractivity (Wildman–Crippen MR) is 218 cm³/mol. The Morgan fingerprint density at radius 2 is 1.18 bits per heavy atom. The van der Waals surface area contributed by atoms with Crippen LogP contribution in [0.3, 0.4) is 0 Å². The van der Waals surface area contributed by atoms with Gasteiger partial charge in [0.1, 0.15) is 24.7 Å². The Morgan fingerprint density at radius 1 is 0.686 bits per heavy atom. The van der Waals surface area contributed by atoms with E-state index in [-0.39, 0.29) is 6.04 Å². The molecule has 0 radical (unpaired) electrons. The van der Waals surface area contributed by atoms with Gasteiger partial charge in [-0.05, 0) is 167 Å². The van der Waals surface area contributed by atoms with Gasteiger partial charge in [0.05, 0.1) is 0 Å². The summed E-state index contributed by atoms with van der Waals surface area (Å²) in [5.41, 5.74) is 12.0. The Hall–Kier alpha value is -2.10. The average molecular weight is 859 g/mol. The lowest BCUT2D eigenvalue weighted by Crippen LogP contribution is -2.47. The molecule has 4 aromatic rings. The number of rotatable bonds is 14. The van der Waals surface area contributed by atoms with E-state index in [1.165, 1.54) is 24.0 Å². The van der Waals surface area contributed by atoms with Crippen LogP contribution >= 0.6 is 55.1 Å². The largest absolute Gasteiger partial charge is 0.489 e. The molecule has 2 saturated heterocycles. The Labute approximate surface area is 331 Å². The number of ether oxygens (including phenoxy) is 2. The first-order chi connectivity index (χ1) is 24.7. The Kier molecular flexibility index (Phi) is 14.2. The number of aryl methyl sites for hydroxylation is 1. The number of benzene rings is 4. The first-order valence-electron chi connectivity index (χ1n) is 18.2. The van der Waals surface area contributed by atoms with Gasteiger partial charge in [0, 0.05) is 37.1 Å². The molecule has 272 valence electrons. The van der Waals surface area contributed by atoms with Crippen molar-refractivity contribution in [3.05, 3.63) is 126 Å². The molecular weight excluding hydrogens is 809 g/mol. The number of nitrogens with two attached hydrogens (primary N) is 1. The number of likely N-dealkylation sites (tertiary alicyclic amines) is 2. The number of nitrogens with zero attached hydrogens (tertiary/aromatic N) is 2. The second-order valence-corrected chi connectivity index (χ2v) is 17.1. The second-order valence-electron chi connectivity index (χ2n) is 14.4. The molecule has 2 aliphatic heterocycles. The number of halogens is 4. The molecule has 6 rings (SSSR count). The average Bonchev–Trinajstić information content (AvgIpc) is 3.13. The fourth-order valence-electron chi connectivity index (χ4n) is 7.79. The Bertz CT molecular complexity index is 1690. The van der Waals surface area contributed by atoms with Crippen LogP contribution in [-0.2, 0) is 26.2 Å². The van der Waals surface area contributed by atoms with Crippen LogP contribution in [-0.4, -0.2) is 49.1 Å². The SMILES string of the molecule is CN1CCC(C(N)C(CCc2cc(Br)ccc2OCc2ccc(Cl)cc2)C2CCN(Cc3cc(Br)ccc3OCc3ccc(Cl)cc3)CC2)CC1. The first-order valence-corrected chi connectivity index (χ1v) is 20.5. The molecule has 0 spiro atoms. The quantitative estimate of drug-likeness (QED) is 0.137. The van der Waals surface area contributed by atoms with Crippen molar-refractivity contribution in [3.8, 4) is 11.5 Å². The summed E-state index contributed by atoms with van der Waals surface area (Å²) in [6, 6.07) is 28.6. The van der Waals surface area contributed by atoms with E-state index in [0.29, 0.717) is 31.0 Å². The van der Waals surface area contributed by atoms with Crippen LogP contribution in [0.25, 0.3) is 0 Å². The molecule has 2 aliphatic rings. The second kappa shape index (κ2) is 18.8. The van der Waals surface area contributed by atoms with Crippen LogP contribution < -0.4 is 15.2 Å². The predicted octanol–water partition coefficient (Wildman–Crippen LogP) is 10.8. The standard InChI is InChI=1S/C42H49Br2Cl2N3O2/c1-48-20-16-32(17-21-48)42(47)39(13-6-33-24-35(43)7-14-40(33)50-27-29-2-9-37(45)10-3-29)31-18-22-49(23-19-31)26-34-25-36(44)8-15-41(34)51-28-30-4-11-38(46)12-5-30/h2-5,7-12,14-15,24-25,31-32,39,42H,6,13,16-23,26-28,47H2,1H3. The van der Waals surface area contributed by atoms with Gasteiger partial charge in [-0.1, -0.05) is 79.3 Å². The highest BCUT2D eigenvalue weighted by Gasteiger charge is 2.35. The van der Waals surface area contributed by atoms with Crippen LogP contribution in [0.15, 0.2) is 93.9 Å². The summed E-state index contributed by atoms with van der Waals surface area (Å²) in [5.74, 6) is 3.48. The molecule has 5 nitrogen and oxygen atoms in total. The van der Waals surface area contributed by atoms with Gasteiger partial charge in [0.2, 0.25) is 0 Å². The third kappa shape index (κ3) is 11.2. The molecule has 2 heterocycles. The van der Waals surface area contributed by atoms with E-state index < -0.39 is 0 Å². The maximum Gasteiger partial charge on any atom is 0.124 e. The minimum Gasteiger partial charge on any atom is -0.489 e. The molecular formula is C42H49Br2Cl2N3O2. The maximum atomic E-state index is 7.32. The van der Waals surface area contributed by atoms with Crippen molar-refractivity contribution >= 4 is 55.1 Å². The van der Waals surface area contributed by atoms with Crippen molar-refractivity contribution in [2.75, 3.05) is 33.2 Å². The first kappa shape index (κ1) is 38.6. The zero-order valence-electron chi connectivity index (χ0n) is 29.4. The third-order valence-corrected chi connectivity index (χ3v) is 12.3. The van der Waals surface area contributed by atoms with Gasteiger partial charge >= 0.3 is 0 Å². The van der Waals surface area contributed by atoms with E-state index in [1.54, 1.807) is 0 Å². The van der Waals surface area contributed by atoms with Crippen LogP contribution in [0, 0.1) is 17.8 Å². The topological polar surface area (TPSA) is 51.0 Å². The highest BCUT2D eigenvalue weighted by molar-refractivity contribution is 9.10. The molecule has 0 amide bonds. The van der Waals surface area contributed by atoms with E-state index in [0.717, 1.165) is 100 Å². The van der Waals surface area contributed by atoms with Crippen molar-refractivity contribution in [2.45, 2.75) is 64.3 Å². The Balaban J connectivity index is 1.11. The molecule has 0 saturated carbocycles. The molecule has 2 unspecified atom stereocenters. The van der Waals surface area contributed by atoms with Crippen LogP contribution in [0.5, 0.6) is 11.5 Å². The van der Waals surface area contributed by atoms with E-state index in [4.69, 9.17) is 38.4 Å². The highest BCUT2D eigenvalue weighted by atomic mass is 79.9. The van der Waals surface area contributed by atoms with Gasteiger partial charge in [-0.25, -0.2) is 0 Å². The minimum atomic E-state index is 0.193. The van der Waals surface area contributed by atoms with Crippen LogP contribution in [0.4, 0.5) is 0 Å². The van der Waals surface area contributed by atoms with Crippen LogP contribution in [0.1, 0.15) is 54.4 Å². The molecule has 4 aromatic carbocycles. The Morgan fingerprint density at radius 3 is 1.73 bits per heavy atom. The fraction of sp³-hybridized carbons (Fsp3) is 0.429. The highest BCUT2D eigenvalue weighted by Crippen LogP contribution is 2.37. The fourth-order valence-corrected chi connectivity index (χ4v) is 8.86. The van der Waals surface area contributed by atoms with Crippen molar-refractivity contribution < 1.29 is 9.47 Å². The molecule has 0 aliphatic carbocycles. The van der Waals surface area contributed by atoms with Crippen molar-refractivity contribution in [2.24, 2.45) is 23.5 Å². The van der Waals surface area contributed by atoms with Crippen LogP contribution in [0.2, 0.25) is 10.0 Å². The van der Waals surface area contributed by atoms with E-state index in [2.05, 4.69) is 85.1 Å². The van der Waals surface area contributed by atoms with Crippen molar-refractivity contribution in [3.63, 3.8) is 0 Å². The van der Waals surface area contributed by atoms with Gasteiger partial charge in [-0.3, -0.25) is 4.90 Å². The van der Waals surface area contributed by atoms with Crippen molar-refractivity contribution in [1.29, 1.82) is 0 Å². The summed E-state index contributed by atoms with van der Waals surface area (Å²) in [5, 5.41) is 1.47. The molecule has 2 atom stereocenters. The molecule has 2 fully saturated rings. The van der Waals surface area contributed by atoms with E-state index >= 15 is 0 Å². The molecule has 2 N–H and O–H groups in total. The zero-order valence-corrected chi connectivity index (χ0v) is 34.1. The lowest BCUT2D eigenvalue weighted by molar-refractivity contribution is 0.0941. The van der Waals surface area contributed by atoms with Gasteiger partial charge in [0.15, 0.2) is 0 Å². The smallest absolute Gasteiger partial charge is 0.124 e. The van der Waals surface area contributed by atoms with Gasteiger partial charge < -0.3 is 20.1 Å². The summed E-state index contributed by atoms with van der Waals surface area (Å²) in [7, 11) is 2.23.